The maximum atomic E-state index is 13.1. The molecule has 0 amide bonds. The molecule has 0 atom stereocenters. The zero-order chi connectivity index (χ0) is 27.2. The van der Waals surface area contributed by atoms with Crippen molar-refractivity contribution in [2.45, 2.75) is 153 Å². The first-order valence-electron chi connectivity index (χ1n) is 14.7. The lowest BCUT2D eigenvalue weighted by atomic mass is 9.75. The van der Waals surface area contributed by atoms with Gasteiger partial charge in [0.15, 0.2) is 0 Å². The van der Waals surface area contributed by atoms with Crippen LogP contribution in [0.15, 0.2) is 0 Å². The molecule has 0 aliphatic carbocycles. The molecule has 0 fully saturated rings. The fourth-order valence-corrected chi connectivity index (χ4v) is 5.42. The van der Waals surface area contributed by atoms with E-state index < -0.39 is 10.8 Å². The fourth-order valence-electron chi connectivity index (χ4n) is 5.42. The van der Waals surface area contributed by atoms with Crippen LogP contribution in [0.3, 0.4) is 0 Å². The van der Waals surface area contributed by atoms with E-state index >= 15 is 0 Å². The molecule has 35 heavy (non-hydrogen) atoms. The molecule has 0 spiro atoms. The summed E-state index contributed by atoms with van der Waals surface area (Å²) in [5.74, 6) is -0.0529. The molecule has 0 unspecified atom stereocenters. The third kappa shape index (κ3) is 11.3. The molecule has 0 aliphatic rings. The lowest BCUT2D eigenvalue weighted by Crippen LogP contribution is -2.35. The van der Waals surface area contributed by atoms with Crippen molar-refractivity contribution in [1.29, 1.82) is 0 Å². The highest BCUT2D eigenvalue weighted by molar-refractivity contribution is 5.77. The van der Waals surface area contributed by atoms with Crippen molar-refractivity contribution in [3.8, 4) is 0 Å². The van der Waals surface area contributed by atoms with E-state index in [4.69, 9.17) is 9.47 Å². The Balaban J connectivity index is 4.89. The van der Waals surface area contributed by atoms with Crippen LogP contribution in [0.1, 0.15) is 153 Å². The molecule has 0 bridgehead atoms. The molecule has 208 valence electrons. The number of hydrogen-bond acceptors (Lipinski definition) is 4. The monoisotopic (exact) mass is 496 g/mol. The number of rotatable bonds is 20. The van der Waals surface area contributed by atoms with Gasteiger partial charge in [-0.05, 0) is 62.2 Å². The minimum Gasteiger partial charge on any atom is -0.465 e. The first-order chi connectivity index (χ1) is 16.3. The molecule has 0 aliphatic heterocycles. The normalized spacial score (nSPS) is 13.1. The van der Waals surface area contributed by atoms with Gasteiger partial charge < -0.3 is 9.47 Å². The highest BCUT2D eigenvalue weighted by atomic mass is 16.5. The molecule has 4 nitrogen and oxygen atoms in total. The molecular weight excluding hydrogens is 436 g/mol. The minimum atomic E-state index is -0.390. The lowest BCUT2D eigenvalue weighted by molar-refractivity contribution is -0.160. The first kappa shape index (κ1) is 33.9. The summed E-state index contributed by atoms with van der Waals surface area (Å²) in [6.45, 7) is 22.5. The van der Waals surface area contributed by atoms with E-state index in [0.29, 0.717) is 13.2 Å². The third-order valence-corrected chi connectivity index (χ3v) is 8.43. The van der Waals surface area contributed by atoms with Gasteiger partial charge in [-0.2, -0.15) is 0 Å². The number of unbranched alkanes of at least 4 members (excludes halogenated alkanes) is 2. The highest BCUT2D eigenvalue weighted by Crippen LogP contribution is 2.38. The van der Waals surface area contributed by atoms with Crippen LogP contribution in [0.25, 0.3) is 0 Å². The van der Waals surface area contributed by atoms with E-state index in [9.17, 15) is 9.59 Å². The van der Waals surface area contributed by atoms with E-state index in [1.54, 1.807) is 0 Å². The van der Waals surface area contributed by atoms with Crippen molar-refractivity contribution in [1.82, 2.24) is 0 Å². The van der Waals surface area contributed by atoms with Crippen LogP contribution < -0.4 is 0 Å². The number of ether oxygens (including phenoxy) is 2. The third-order valence-electron chi connectivity index (χ3n) is 8.43. The Morgan fingerprint density at radius 3 is 1.09 bits per heavy atom. The van der Waals surface area contributed by atoms with E-state index in [1.165, 1.54) is 0 Å². The van der Waals surface area contributed by atoms with Gasteiger partial charge in [-0.25, -0.2) is 0 Å². The number of carbonyl (C=O) groups is 2. The van der Waals surface area contributed by atoms with Gasteiger partial charge in [0.25, 0.3) is 0 Å². The molecule has 0 saturated heterocycles. The Labute approximate surface area is 218 Å². The molecule has 0 aromatic carbocycles. The summed E-state index contributed by atoms with van der Waals surface area (Å²) in [7, 11) is 0. The summed E-state index contributed by atoms with van der Waals surface area (Å²) in [5, 5.41) is 0. The second-order valence-corrected chi connectivity index (χ2v) is 12.5. The van der Waals surface area contributed by atoms with Crippen molar-refractivity contribution < 1.29 is 19.1 Å². The summed E-state index contributed by atoms with van der Waals surface area (Å²) in [6.07, 6.45) is 12.2. The van der Waals surface area contributed by atoms with Crippen LogP contribution in [0, 0.1) is 21.7 Å². The van der Waals surface area contributed by atoms with Crippen molar-refractivity contribution in [3.63, 3.8) is 0 Å². The average Bonchev–Trinajstić information content (AvgIpc) is 2.81. The summed E-state index contributed by atoms with van der Waals surface area (Å²) in [6, 6.07) is 0. The van der Waals surface area contributed by atoms with Gasteiger partial charge >= 0.3 is 11.9 Å². The van der Waals surface area contributed by atoms with E-state index in [-0.39, 0.29) is 22.8 Å². The van der Waals surface area contributed by atoms with Crippen LogP contribution >= 0.6 is 0 Å². The average molecular weight is 497 g/mol. The van der Waals surface area contributed by atoms with Crippen molar-refractivity contribution in [3.05, 3.63) is 0 Å². The Hall–Kier alpha value is -1.06. The second-order valence-electron chi connectivity index (χ2n) is 12.5. The Morgan fingerprint density at radius 1 is 0.514 bits per heavy atom. The van der Waals surface area contributed by atoms with Crippen molar-refractivity contribution in [2.24, 2.45) is 21.7 Å². The molecule has 0 rings (SSSR count). The van der Waals surface area contributed by atoms with Crippen LogP contribution in [0.2, 0.25) is 0 Å². The minimum absolute atomic E-state index is 0.0265. The first-order valence-corrected chi connectivity index (χ1v) is 14.7. The smallest absolute Gasteiger partial charge is 0.312 e. The number of carbonyl (C=O) groups excluding carboxylic acids is 2. The SMILES string of the molecule is CCCC(C)(C)COC(=O)C(CC)(CC)CCCCCC(CC)(CC)C(=O)OCC(C)(C)CCC. The Morgan fingerprint density at radius 2 is 0.829 bits per heavy atom. The lowest BCUT2D eigenvalue weighted by Gasteiger charge is -2.33. The van der Waals surface area contributed by atoms with Gasteiger partial charge in [0.05, 0.1) is 24.0 Å². The maximum absolute atomic E-state index is 13.1. The Kier molecular flexibility index (Phi) is 15.4. The predicted molar refractivity (Wildman–Crippen MR) is 148 cm³/mol. The van der Waals surface area contributed by atoms with Crippen LogP contribution in [-0.2, 0) is 19.1 Å². The largest absolute Gasteiger partial charge is 0.465 e. The van der Waals surface area contributed by atoms with Gasteiger partial charge in [0.2, 0.25) is 0 Å². The molecular formula is C31H60O4. The topological polar surface area (TPSA) is 52.6 Å². The molecule has 0 aromatic rings. The van der Waals surface area contributed by atoms with Gasteiger partial charge in [-0.3, -0.25) is 9.59 Å². The molecule has 0 aromatic heterocycles. The maximum Gasteiger partial charge on any atom is 0.312 e. The second kappa shape index (κ2) is 15.9. The van der Waals surface area contributed by atoms with Crippen LogP contribution in [0.4, 0.5) is 0 Å². The number of hydrogen-bond donors (Lipinski definition) is 0. The summed E-state index contributed by atoms with van der Waals surface area (Å²) >= 11 is 0. The quantitative estimate of drug-likeness (QED) is 0.124. The number of esters is 2. The summed E-state index contributed by atoms with van der Waals surface area (Å²) in [5.41, 5.74) is -0.722. The molecule has 4 heteroatoms. The molecule has 0 radical (unpaired) electrons. The van der Waals surface area contributed by atoms with Gasteiger partial charge in [-0.15, -0.1) is 0 Å². The van der Waals surface area contributed by atoms with Gasteiger partial charge in [-0.1, -0.05) is 101 Å². The zero-order valence-corrected chi connectivity index (χ0v) is 25.2. The molecule has 0 N–H and O–H groups in total. The van der Waals surface area contributed by atoms with E-state index in [0.717, 1.165) is 83.5 Å². The van der Waals surface area contributed by atoms with Crippen LogP contribution in [-0.4, -0.2) is 25.2 Å². The van der Waals surface area contributed by atoms with E-state index in [2.05, 4.69) is 69.2 Å². The van der Waals surface area contributed by atoms with E-state index in [1.807, 2.05) is 0 Å². The zero-order valence-electron chi connectivity index (χ0n) is 25.2. The highest BCUT2D eigenvalue weighted by Gasteiger charge is 2.38. The molecule has 0 saturated carbocycles. The standard InChI is InChI=1S/C31H60O4/c1-11-20-28(7,8)24-34-26(32)30(13-3,14-4)22-18-17-19-23-31(15-5,16-6)27(33)35-25-29(9,10)21-12-2/h11-25H2,1-10H3. The van der Waals surface area contributed by atoms with Gasteiger partial charge in [0, 0.05) is 0 Å². The molecule has 0 heterocycles. The van der Waals surface area contributed by atoms with Crippen molar-refractivity contribution in [2.75, 3.05) is 13.2 Å². The van der Waals surface area contributed by atoms with Crippen molar-refractivity contribution >= 4 is 11.9 Å². The predicted octanol–water partition coefficient (Wildman–Crippen LogP) is 9.29. The van der Waals surface area contributed by atoms with Crippen LogP contribution in [0.5, 0.6) is 0 Å². The van der Waals surface area contributed by atoms with Gasteiger partial charge in [0.1, 0.15) is 0 Å². The summed E-state index contributed by atoms with van der Waals surface area (Å²) < 4.78 is 11.7. The Bertz CT molecular complexity index is 545. The summed E-state index contributed by atoms with van der Waals surface area (Å²) in [4.78, 5) is 26.2. The fraction of sp³-hybridized carbons (Fsp3) is 0.935.